The number of nitrogens with one attached hydrogen (secondary N) is 1. The van der Waals surface area contributed by atoms with Crippen molar-refractivity contribution < 1.29 is 5.11 Å². The Morgan fingerprint density at radius 3 is 2.67 bits per heavy atom. The molecule has 0 saturated heterocycles. The molecule has 4 heteroatoms. The third kappa shape index (κ3) is 6.12. The van der Waals surface area contributed by atoms with Crippen LogP contribution in [0.4, 0.5) is 0 Å². The number of aliphatic hydroxyl groups excluding tert-OH is 1. The molecule has 1 atom stereocenters. The van der Waals surface area contributed by atoms with Gasteiger partial charge in [0.1, 0.15) is 0 Å². The third-order valence-electron chi connectivity index (χ3n) is 4.28. The van der Waals surface area contributed by atoms with Gasteiger partial charge in [-0.15, -0.1) is 0 Å². The lowest BCUT2D eigenvalue weighted by Crippen LogP contribution is -2.47. The molecule has 1 fully saturated rings. The average Bonchev–Trinajstić information content (AvgIpc) is 3.30. The number of pyridine rings is 1. The molecule has 21 heavy (non-hydrogen) atoms. The third-order valence-corrected chi connectivity index (χ3v) is 4.28. The Labute approximate surface area is 128 Å². The normalized spacial score (nSPS) is 17.9. The highest BCUT2D eigenvalue weighted by molar-refractivity contribution is 5.09. The summed E-state index contributed by atoms with van der Waals surface area (Å²) in [5.41, 5.74) is 1.24. The highest BCUT2D eigenvalue weighted by atomic mass is 16.3. The lowest BCUT2D eigenvalue weighted by molar-refractivity contribution is 0.157. The van der Waals surface area contributed by atoms with E-state index in [9.17, 15) is 5.11 Å². The SMILES string of the molecule is CN(CCCC(C)(CO)NC1CC1)CCc1ccncc1. The topological polar surface area (TPSA) is 48.4 Å². The zero-order valence-corrected chi connectivity index (χ0v) is 13.4. The summed E-state index contributed by atoms with van der Waals surface area (Å²) in [4.78, 5) is 6.41. The van der Waals surface area contributed by atoms with E-state index in [1.54, 1.807) is 0 Å². The second-order valence-corrected chi connectivity index (χ2v) is 6.65. The summed E-state index contributed by atoms with van der Waals surface area (Å²) in [6.45, 7) is 4.51. The van der Waals surface area contributed by atoms with Gasteiger partial charge < -0.3 is 15.3 Å². The molecule has 4 nitrogen and oxygen atoms in total. The molecular weight excluding hydrogens is 262 g/mol. The van der Waals surface area contributed by atoms with E-state index in [1.807, 2.05) is 12.4 Å². The van der Waals surface area contributed by atoms with Crippen LogP contribution in [0.15, 0.2) is 24.5 Å². The molecule has 0 aliphatic heterocycles. The number of nitrogens with zero attached hydrogens (tertiary/aromatic N) is 2. The van der Waals surface area contributed by atoms with Crippen molar-refractivity contribution in [2.24, 2.45) is 0 Å². The Bertz CT molecular complexity index is 408. The van der Waals surface area contributed by atoms with Gasteiger partial charge in [-0.1, -0.05) is 0 Å². The predicted octanol–water partition coefficient (Wildman–Crippen LogP) is 1.84. The number of hydrogen-bond acceptors (Lipinski definition) is 4. The van der Waals surface area contributed by atoms with Crippen molar-refractivity contribution in [3.63, 3.8) is 0 Å². The van der Waals surface area contributed by atoms with E-state index in [-0.39, 0.29) is 12.1 Å². The molecule has 0 aromatic carbocycles. The summed E-state index contributed by atoms with van der Waals surface area (Å²) in [5.74, 6) is 0. The fraction of sp³-hybridized carbons (Fsp3) is 0.706. The van der Waals surface area contributed by atoms with Crippen molar-refractivity contribution in [2.75, 3.05) is 26.7 Å². The fourth-order valence-electron chi connectivity index (χ4n) is 2.64. The summed E-state index contributed by atoms with van der Waals surface area (Å²) < 4.78 is 0. The van der Waals surface area contributed by atoms with Crippen molar-refractivity contribution in [1.29, 1.82) is 0 Å². The first kappa shape index (κ1) is 16.4. The highest BCUT2D eigenvalue weighted by Crippen LogP contribution is 2.24. The number of aliphatic hydroxyl groups is 1. The molecule has 2 rings (SSSR count). The molecule has 1 aromatic rings. The highest BCUT2D eigenvalue weighted by Gasteiger charge is 2.31. The van der Waals surface area contributed by atoms with E-state index in [2.05, 4.69) is 41.3 Å². The first-order valence-corrected chi connectivity index (χ1v) is 8.07. The van der Waals surface area contributed by atoms with Crippen molar-refractivity contribution in [3.8, 4) is 0 Å². The predicted molar refractivity (Wildman–Crippen MR) is 86.3 cm³/mol. The molecule has 1 aliphatic rings. The molecule has 1 heterocycles. The van der Waals surface area contributed by atoms with Gasteiger partial charge >= 0.3 is 0 Å². The largest absolute Gasteiger partial charge is 0.394 e. The van der Waals surface area contributed by atoms with Gasteiger partial charge in [0, 0.05) is 30.5 Å². The molecule has 1 aliphatic carbocycles. The van der Waals surface area contributed by atoms with Crippen LogP contribution in [-0.2, 0) is 6.42 Å². The standard InChI is InChI=1S/C17H29N3O/c1-17(14-21,19-16-4-5-16)9-3-12-20(2)13-8-15-6-10-18-11-7-15/h6-7,10-11,16,19,21H,3-5,8-9,12-14H2,1-2H3. The van der Waals surface area contributed by atoms with Crippen LogP contribution in [0.2, 0.25) is 0 Å². The zero-order chi connectivity index (χ0) is 15.1. The van der Waals surface area contributed by atoms with Crippen molar-refractivity contribution in [2.45, 2.75) is 50.6 Å². The molecule has 1 saturated carbocycles. The van der Waals surface area contributed by atoms with Crippen LogP contribution in [0, 0.1) is 0 Å². The fourth-order valence-corrected chi connectivity index (χ4v) is 2.64. The first-order valence-electron chi connectivity index (χ1n) is 8.07. The minimum Gasteiger partial charge on any atom is -0.394 e. The lowest BCUT2D eigenvalue weighted by atomic mass is 9.96. The van der Waals surface area contributed by atoms with E-state index in [0.29, 0.717) is 6.04 Å². The number of hydrogen-bond donors (Lipinski definition) is 2. The summed E-state index contributed by atoms with van der Waals surface area (Å²) in [7, 11) is 2.17. The Kier molecular flexibility index (Phi) is 6.15. The Balaban J connectivity index is 1.62. The van der Waals surface area contributed by atoms with Crippen molar-refractivity contribution in [3.05, 3.63) is 30.1 Å². The monoisotopic (exact) mass is 291 g/mol. The summed E-state index contributed by atoms with van der Waals surface area (Å²) in [6, 6.07) is 4.80. The molecule has 0 bridgehead atoms. The van der Waals surface area contributed by atoms with Gasteiger partial charge in [-0.2, -0.15) is 0 Å². The molecule has 118 valence electrons. The van der Waals surface area contributed by atoms with Crippen LogP contribution in [-0.4, -0.2) is 53.3 Å². The summed E-state index contributed by atoms with van der Waals surface area (Å²) in [6.07, 6.45) is 9.44. The number of rotatable bonds is 10. The van der Waals surface area contributed by atoms with E-state index in [0.717, 1.165) is 32.4 Å². The second kappa shape index (κ2) is 7.87. The molecule has 1 unspecified atom stereocenters. The van der Waals surface area contributed by atoms with E-state index in [4.69, 9.17) is 0 Å². The van der Waals surface area contributed by atoms with E-state index >= 15 is 0 Å². The maximum atomic E-state index is 9.60. The molecule has 0 amide bonds. The van der Waals surface area contributed by atoms with E-state index < -0.39 is 0 Å². The minimum absolute atomic E-state index is 0.104. The maximum absolute atomic E-state index is 9.60. The minimum atomic E-state index is -0.104. The van der Waals surface area contributed by atoms with Gasteiger partial charge in [0.25, 0.3) is 0 Å². The molecule has 1 aromatic heterocycles. The Hall–Kier alpha value is -0.970. The second-order valence-electron chi connectivity index (χ2n) is 6.65. The maximum Gasteiger partial charge on any atom is 0.0610 e. The Morgan fingerprint density at radius 1 is 1.33 bits per heavy atom. The van der Waals surface area contributed by atoms with Gasteiger partial charge in [-0.05, 0) is 70.3 Å². The van der Waals surface area contributed by atoms with Crippen LogP contribution in [0.5, 0.6) is 0 Å². The molecular formula is C17H29N3O. The van der Waals surface area contributed by atoms with Gasteiger partial charge in [0.05, 0.1) is 6.61 Å². The summed E-state index contributed by atoms with van der Waals surface area (Å²) in [5, 5.41) is 13.2. The van der Waals surface area contributed by atoms with Crippen LogP contribution < -0.4 is 5.32 Å². The lowest BCUT2D eigenvalue weighted by Gasteiger charge is -2.30. The number of aromatic nitrogens is 1. The van der Waals surface area contributed by atoms with Crippen LogP contribution >= 0.6 is 0 Å². The quantitative estimate of drug-likeness (QED) is 0.690. The zero-order valence-electron chi connectivity index (χ0n) is 13.4. The average molecular weight is 291 g/mol. The van der Waals surface area contributed by atoms with Gasteiger partial charge in [-0.25, -0.2) is 0 Å². The van der Waals surface area contributed by atoms with Crippen LogP contribution in [0.25, 0.3) is 0 Å². The van der Waals surface area contributed by atoms with Gasteiger partial charge in [0.15, 0.2) is 0 Å². The van der Waals surface area contributed by atoms with Crippen LogP contribution in [0.3, 0.4) is 0 Å². The molecule has 0 radical (unpaired) electrons. The van der Waals surface area contributed by atoms with Crippen LogP contribution in [0.1, 0.15) is 38.2 Å². The van der Waals surface area contributed by atoms with Gasteiger partial charge in [0.2, 0.25) is 0 Å². The number of likely N-dealkylation sites (N-methyl/N-ethyl adjacent to an activating group) is 1. The van der Waals surface area contributed by atoms with Crippen molar-refractivity contribution in [1.82, 2.24) is 15.2 Å². The van der Waals surface area contributed by atoms with E-state index in [1.165, 1.54) is 18.4 Å². The Morgan fingerprint density at radius 2 is 2.05 bits per heavy atom. The van der Waals surface area contributed by atoms with Crippen molar-refractivity contribution >= 4 is 0 Å². The first-order chi connectivity index (χ1) is 10.1. The molecule has 0 spiro atoms. The smallest absolute Gasteiger partial charge is 0.0610 e. The van der Waals surface area contributed by atoms with Gasteiger partial charge in [-0.3, -0.25) is 4.98 Å². The molecule has 2 N–H and O–H groups in total. The summed E-state index contributed by atoms with van der Waals surface area (Å²) >= 11 is 0.